The minimum Gasteiger partial charge on any atom is -0.497 e. The number of carbonyl (C=O) groups is 2. The molecular formula is C16H15FN2O6S. The first kappa shape index (κ1) is 19.3. The average Bonchev–Trinajstić information content (AvgIpc) is 2.59. The number of nitrogens with one attached hydrogen (secondary N) is 1. The molecule has 0 aliphatic carbocycles. The molecule has 2 rings (SSSR count). The molecule has 0 saturated carbocycles. The second-order valence-electron chi connectivity index (χ2n) is 5.04. The standard InChI is InChI=1S/C16H15FN2O6S/c1-24-11-5-6-13(14(17)8-11)16(21)25-9-15(20)19-10-3-2-4-12(7-10)26(18,22)23/h2-8H,9H2,1H3,(H,19,20)(H2,18,22,23). The number of nitrogens with two attached hydrogens (primary N) is 1. The smallest absolute Gasteiger partial charge is 0.341 e. The van der Waals surface area contributed by atoms with Gasteiger partial charge in [0.2, 0.25) is 10.0 Å². The minimum atomic E-state index is -3.92. The molecule has 8 nitrogen and oxygen atoms in total. The van der Waals surface area contributed by atoms with E-state index in [9.17, 15) is 22.4 Å². The lowest BCUT2D eigenvalue weighted by Gasteiger charge is -2.08. The molecule has 0 aliphatic heterocycles. The molecule has 0 saturated heterocycles. The molecule has 0 aliphatic rings. The summed E-state index contributed by atoms with van der Waals surface area (Å²) in [4.78, 5) is 23.5. The fraction of sp³-hybridized carbons (Fsp3) is 0.125. The zero-order valence-electron chi connectivity index (χ0n) is 13.6. The van der Waals surface area contributed by atoms with E-state index in [1.54, 1.807) is 0 Å². The molecule has 0 aromatic heterocycles. The van der Waals surface area contributed by atoms with Crippen molar-refractivity contribution < 1.29 is 31.9 Å². The quantitative estimate of drug-likeness (QED) is 0.725. The van der Waals surface area contributed by atoms with Crippen LogP contribution in [-0.2, 0) is 19.6 Å². The van der Waals surface area contributed by atoms with E-state index in [1.807, 2.05) is 0 Å². The van der Waals surface area contributed by atoms with E-state index in [0.29, 0.717) is 0 Å². The molecular weight excluding hydrogens is 367 g/mol. The number of anilines is 1. The molecule has 138 valence electrons. The molecule has 3 N–H and O–H groups in total. The summed E-state index contributed by atoms with van der Waals surface area (Å²) in [7, 11) is -2.57. The first-order valence-corrected chi connectivity index (χ1v) is 8.68. The highest BCUT2D eigenvalue weighted by molar-refractivity contribution is 7.89. The van der Waals surface area contributed by atoms with Crippen molar-refractivity contribution >= 4 is 27.6 Å². The molecule has 0 fully saturated rings. The van der Waals surface area contributed by atoms with Gasteiger partial charge >= 0.3 is 5.97 Å². The van der Waals surface area contributed by atoms with Crippen LogP contribution >= 0.6 is 0 Å². The Bertz CT molecular complexity index is 946. The predicted octanol–water partition coefficient (Wildman–Crippen LogP) is 1.28. The summed E-state index contributed by atoms with van der Waals surface area (Å²) in [6, 6.07) is 8.78. The number of rotatable bonds is 6. The van der Waals surface area contributed by atoms with Gasteiger partial charge in [-0.05, 0) is 30.3 Å². The molecule has 1 amide bonds. The maximum Gasteiger partial charge on any atom is 0.341 e. The van der Waals surface area contributed by atoms with Gasteiger partial charge in [0.25, 0.3) is 5.91 Å². The number of sulfonamides is 1. The Balaban J connectivity index is 1.98. The third kappa shape index (κ3) is 5.01. The Morgan fingerprint density at radius 2 is 1.92 bits per heavy atom. The van der Waals surface area contributed by atoms with Gasteiger partial charge in [-0.15, -0.1) is 0 Å². The van der Waals surface area contributed by atoms with Gasteiger partial charge in [-0.1, -0.05) is 6.07 Å². The highest BCUT2D eigenvalue weighted by Gasteiger charge is 2.16. The monoisotopic (exact) mass is 382 g/mol. The second kappa shape index (κ2) is 7.93. The van der Waals surface area contributed by atoms with Gasteiger partial charge < -0.3 is 14.8 Å². The normalized spacial score (nSPS) is 10.9. The van der Waals surface area contributed by atoms with Crippen LogP contribution in [0.5, 0.6) is 5.75 Å². The van der Waals surface area contributed by atoms with Crippen LogP contribution in [0.1, 0.15) is 10.4 Å². The summed E-state index contributed by atoms with van der Waals surface area (Å²) in [6.45, 7) is -0.691. The molecule has 10 heteroatoms. The number of carbonyl (C=O) groups excluding carboxylic acids is 2. The van der Waals surface area contributed by atoms with Crippen molar-refractivity contribution in [1.29, 1.82) is 0 Å². The van der Waals surface area contributed by atoms with Gasteiger partial charge in [-0.3, -0.25) is 4.79 Å². The zero-order chi connectivity index (χ0) is 19.3. The summed E-state index contributed by atoms with van der Waals surface area (Å²) in [5, 5.41) is 7.34. The van der Waals surface area contributed by atoms with Gasteiger partial charge in [-0.25, -0.2) is 22.7 Å². The zero-order valence-corrected chi connectivity index (χ0v) is 14.4. The van der Waals surface area contributed by atoms with Crippen LogP contribution < -0.4 is 15.2 Å². The Hall–Kier alpha value is -2.98. The molecule has 0 radical (unpaired) electrons. The first-order valence-electron chi connectivity index (χ1n) is 7.14. The van der Waals surface area contributed by atoms with Crippen molar-refractivity contribution in [2.75, 3.05) is 19.0 Å². The maximum atomic E-state index is 13.8. The summed E-state index contributed by atoms with van der Waals surface area (Å²) in [5.41, 5.74) is -0.206. The van der Waals surface area contributed by atoms with Crippen LogP contribution in [0.4, 0.5) is 10.1 Å². The van der Waals surface area contributed by atoms with E-state index in [4.69, 9.17) is 14.6 Å². The van der Waals surface area contributed by atoms with Gasteiger partial charge in [0.15, 0.2) is 6.61 Å². The van der Waals surface area contributed by atoms with Crippen LogP contribution in [0.2, 0.25) is 0 Å². The number of ether oxygens (including phenoxy) is 2. The molecule has 2 aromatic rings. The Morgan fingerprint density at radius 3 is 2.54 bits per heavy atom. The Morgan fingerprint density at radius 1 is 1.19 bits per heavy atom. The predicted molar refractivity (Wildman–Crippen MR) is 89.7 cm³/mol. The van der Waals surface area contributed by atoms with E-state index in [2.05, 4.69) is 5.32 Å². The van der Waals surface area contributed by atoms with Crippen LogP contribution in [-0.4, -0.2) is 34.0 Å². The van der Waals surface area contributed by atoms with Crippen molar-refractivity contribution in [2.45, 2.75) is 4.90 Å². The summed E-state index contributed by atoms with van der Waals surface area (Å²) in [6.07, 6.45) is 0. The number of amides is 1. The van der Waals surface area contributed by atoms with Crippen molar-refractivity contribution in [1.82, 2.24) is 0 Å². The van der Waals surface area contributed by atoms with Crippen molar-refractivity contribution in [3.8, 4) is 5.75 Å². The van der Waals surface area contributed by atoms with E-state index < -0.39 is 34.3 Å². The average molecular weight is 382 g/mol. The minimum absolute atomic E-state index is 0.146. The molecule has 0 bridgehead atoms. The fourth-order valence-corrected chi connectivity index (χ4v) is 2.50. The lowest BCUT2D eigenvalue weighted by molar-refractivity contribution is -0.119. The van der Waals surface area contributed by atoms with Crippen molar-refractivity contribution in [2.24, 2.45) is 5.14 Å². The Labute approximate surface area is 148 Å². The molecule has 0 unspecified atom stereocenters. The molecule has 0 atom stereocenters. The van der Waals surface area contributed by atoms with Crippen LogP contribution in [0.25, 0.3) is 0 Å². The van der Waals surface area contributed by atoms with E-state index in [-0.39, 0.29) is 21.9 Å². The van der Waals surface area contributed by atoms with Gasteiger partial charge in [0, 0.05) is 11.8 Å². The molecule has 0 spiro atoms. The lowest BCUT2D eigenvalue weighted by Crippen LogP contribution is -2.21. The number of methoxy groups -OCH3 is 1. The number of hydrogen-bond donors (Lipinski definition) is 2. The lowest BCUT2D eigenvalue weighted by atomic mass is 10.2. The van der Waals surface area contributed by atoms with Crippen LogP contribution in [0, 0.1) is 5.82 Å². The van der Waals surface area contributed by atoms with E-state index in [0.717, 1.165) is 12.1 Å². The number of halogens is 1. The summed E-state index contributed by atoms with van der Waals surface area (Å²) < 4.78 is 45.9. The SMILES string of the molecule is COc1ccc(C(=O)OCC(=O)Nc2cccc(S(N)(=O)=O)c2)c(F)c1. The third-order valence-electron chi connectivity index (χ3n) is 3.18. The number of hydrogen-bond acceptors (Lipinski definition) is 6. The first-order chi connectivity index (χ1) is 12.2. The second-order valence-corrected chi connectivity index (χ2v) is 6.60. The highest BCUT2D eigenvalue weighted by Crippen LogP contribution is 2.17. The summed E-state index contributed by atoms with van der Waals surface area (Å²) >= 11 is 0. The largest absolute Gasteiger partial charge is 0.497 e. The molecule has 2 aromatic carbocycles. The number of benzene rings is 2. The van der Waals surface area contributed by atoms with Crippen molar-refractivity contribution in [3.05, 3.63) is 53.8 Å². The van der Waals surface area contributed by atoms with Gasteiger partial charge in [-0.2, -0.15) is 0 Å². The van der Waals surface area contributed by atoms with E-state index in [1.165, 1.54) is 37.4 Å². The fourth-order valence-electron chi connectivity index (χ4n) is 1.95. The maximum absolute atomic E-state index is 13.8. The third-order valence-corrected chi connectivity index (χ3v) is 4.09. The number of primary sulfonamides is 1. The highest BCUT2D eigenvalue weighted by atomic mass is 32.2. The van der Waals surface area contributed by atoms with Gasteiger partial charge in [0.1, 0.15) is 11.6 Å². The van der Waals surface area contributed by atoms with Crippen LogP contribution in [0.15, 0.2) is 47.4 Å². The molecule has 26 heavy (non-hydrogen) atoms. The van der Waals surface area contributed by atoms with E-state index >= 15 is 0 Å². The molecule has 0 heterocycles. The van der Waals surface area contributed by atoms with Crippen LogP contribution in [0.3, 0.4) is 0 Å². The Kier molecular flexibility index (Phi) is 5.90. The topological polar surface area (TPSA) is 125 Å². The number of esters is 1. The summed E-state index contributed by atoms with van der Waals surface area (Å²) in [5.74, 6) is -2.39. The van der Waals surface area contributed by atoms with Gasteiger partial charge in [0.05, 0.1) is 17.6 Å². The van der Waals surface area contributed by atoms with Crippen molar-refractivity contribution in [3.63, 3.8) is 0 Å².